The summed E-state index contributed by atoms with van der Waals surface area (Å²) in [4.78, 5) is 26.2. The molecule has 2 aliphatic rings. The van der Waals surface area contributed by atoms with E-state index in [1.54, 1.807) is 16.9 Å². The van der Waals surface area contributed by atoms with E-state index in [0.717, 1.165) is 34.3 Å². The van der Waals surface area contributed by atoms with Crippen LogP contribution in [-0.4, -0.2) is 49.9 Å². The molecule has 0 N–H and O–H groups in total. The van der Waals surface area contributed by atoms with Crippen LogP contribution >= 0.6 is 11.6 Å². The molecule has 1 aliphatic carbocycles. The second kappa shape index (κ2) is 12.8. The van der Waals surface area contributed by atoms with E-state index in [1.807, 2.05) is 47.4 Å². The highest BCUT2D eigenvalue weighted by Crippen LogP contribution is 2.35. The topological polar surface area (TPSA) is 108 Å². The molecule has 1 aliphatic heterocycles. The minimum atomic E-state index is -0.190. The van der Waals surface area contributed by atoms with Gasteiger partial charge in [0.1, 0.15) is 12.1 Å². The van der Waals surface area contributed by atoms with Crippen LogP contribution in [0.5, 0.6) is 0 Å². The van der Waals surface area contributed by atoms with E-state index in [9.17, 15) is 14.8 Å². The average Bonchev–Trinajstić information content (AvgIpc) is 3.61. The van der Waals surface area contributed by atoms with Crippen LogP contribution in [-0.2, 0) is 16.0 Å². The van der Waals surface area contributed by atoms with E-state index < -0.39 is 0 Å². The first kappa shape index (κ1) is 29.8. The Labute approximate surface area is 272 Å². The summed E-state index contributed by atoms with van der Waals surface area (Å²) in [6, 6.07) is 28.0. The van der Waals surface area contributed by atoms with Crippen molar-refractivity contribution >= 4 is 23.3 Å². The molecule has 0 radical (unpaired) electrons. The van der Waals surface area contributed by atoms with Crippen LogP contribution in [0.1, 0.15) is 59.9 Å². The Morgan fingerprint density at radius 1 is 0.978 bits per heavy atom. The maximum Gasteiger partial charge on any atom is 0.226 e. The molecule has 0 spiro atoms. The van der Waals surface area contributed by atoms with Crippen molar-refractivity contribution < 1.29 is 14.3 Å². The summed E-state index contributed by atoms with van der Waals surface area (Å²) in [6.45, 7) is 1.40. The van der Waals surface area contributed by atoms with Crippen LogP contribution in [0.2, 0.25) is 5.02 Å². The van der Waals surface area contributed by atoms with E-state index in [2.05, 4.69) is 51.9 Å². The van der Waals surface area contributed by atoms with Crippen molar-refractivity contribution in [2.45, 2.75) is 43.9 Å². The largest absolute Gasteiger partial charge is 0.618 e. The van der Waals surface area contributed by atoms with Crippen LogP contribution < -0.4 is 4.73 Å². The van der Waals surface area contributed by atoms with E-state index in [1.165, 1.54) is 11.9 Å². The number of tetrazole rings is 1. The maximum absolute atomic E-state index is 13.9. The number of benzene rings is 3. The Morgan fingerprint density at radius 2 is 1.78 bits per heavy atom. The van der Waals surface area contributed by atoms with E-state index >= 15 is 0 Å². The van der Waals surface area contributed by atoms with Gasteiger partial charge in [-0.2, -0.15) is 9.41 Å². The molecule has 1 saturated heterocycles. The number of hydrogen-bond donors (Lipinski definition) is 0. The molecule has 1 unspecified atom stereocenters. The number of amides is 1. The lowest BCUT2D eigenvalue weighted by Crippen LogP contribution is -2.45. The predicted octanol–water partition coefficient (Wildman–Crippen LogP) is 5.68. The van der Waals surface area contributed by atoms with Crippen LogP contribution in [0, 0.1) is 11.1 Å². The Morgan fingerprint density at radius 3 is 2.50 bits per heavy atom. The van der Waals surface area contributed by atoms with Crippen molar-refractivity contribution in [3.8, 4) is 16.8 Å². The molecule has 46 heavy (non-hydrogen) atoms. The molecule has 1 amide bonds. The number of halogens is 1. The molecule has 7 rings (SSSR count). The van der Waals surface area contributed by atoms with Crippen molar-refractivity contribution in [2.24, 2.45) is 5.92 Å². The Hall–Kier alpha value is -4.89. The summed E-state index contributed by atoms with van der Waals surface area (Å²) < 4.78 is 2.52. The molecule has 3 aromatic carbocycles. The zero-order valence-electron chi connectivity index (χ0n) is 25.2. The highest BCUT2D eigenvalue weighted by Gasteiger charge is 2.37. The smallest absolute Gasteiger partial charge is 0.226 e. The van der Waals surface area contributed by atoms with Crippen molar-refractivity contribution in [1.29, 1.82) is 0 Å². The number of rotatable bonds is 8. The van der Waals surface area contributed by atoms with Gasteiger partial charge in [0, 0.05) is 48.1 Å². The number of piperidine rings is 1. The molecule has 5 aromatic rings. The molecule has 1 saturated carbocycles. The molecule has 2 aromatic heterocycles. The van der Waals surface area contributed by atoms with Gasteiger partial charge < -0.3 is 10.1 Å². The van der Waals surface area contributed by atoms with Crippen LogP contribution in [0.25, 0.3) is 16.8 Å². The lowest BCUT2D eigenvalue weighted by Gasteiger charge is -2.36. The Kier molecular flexibility index (Phi) is 8.32. The van der Waals surface area contributed by atoms with Crippen LogP contribution in [0.3, 0.4) is 0 Å². The van der Waals surface area contributed by atoms with Gasteiger partial charge in [0.15, 0.2) is 6.20 Å². The SMILES string of the molecule is O=C1CC(C(=O)N2CCC(c3cccc(C(Cc4ccccc4)c4ccc(-c5cc(Cl)ccc5-n5cnnn5)c[n+]4[O-])c3)CC2)C1. The van der Waals surface area contributed by atoms with Gasteiger partial charge in [0.25, 0.3) is 0 Å². The molecule has 2 fully saturated rings. The number of hydrogen-bond acceptors (Lipinski definition) is 6. The number of Topliss-reactive ketones (excluding diaryl/α,β-unsaturated/α-hetero) is 1. The zero-order chi connectivity index (χ0) is 31.6. The average molecular weight is 633 g/mol. The van der Waals surface area contributed by atoms with Gasteiger partial charge in [-0.15, -0.1) is 5.10 Å². The zero-order valence-corrected chi connectivity index (χ0v) is 26.0. The quantitative estimate of drug-likeness (QED) is 0.161. The van der Waals surface area contributed by atoms with Gasteiger partial charge in [0.05, 0.1) is 17.5 Å². The molecule has 1 atom stereocenters. The van der Waals surface area contributed by atoms with Crippen molar-refractivity contribution in [2.75, 3.05) is 13.1 Å². The molecule has 3 heterocycles. The number of likely N-dealkylation sites (tertiary alicyclic amines) is 1. The Bertz CT molecular complexity index is 1860. The molecule has 10 heteroatoms. The molecular formula is C36H33ClN6O3. The monoisotopic (exact) mass is 632 g/mol. The van der Waals surface area contributed by atoms with Gasteiger partial charge in [-0.25, -0.2) is 0 Å². The lowest BCUT2D eigenvalue weighted by atomic mass is 9.81. The first-order chi connectivity index (χ1) is 22.4. The number of carbonyl (C=O) groups excluding carboxylic acids is 2. The van der Waals surface area contributed by atoms with Crippen LogP contribution in [0.15, 0.2) is 97.5 Å². The highest BCUT2D eigenvalue weighted by atomic mass is 35.5. The summed E-state index contributed by atoms with van der Waals surface area (Å²) in [5.41, 5.74) is 6.23. The number of carbonyl (C=O) groups is 2. The fraction of sp³-hybridized carbons (Fsp3) is 0.278. The van der Waals surface area contributed by atoms with E-state index in [0.29, 0.717) is 60.2 Å². The number of ketones is 1. The summed E-state index contributed by atoms with van der Waals surface area (Å²) >= 11 is 6.37. The van der Waals surface area contributed by atoms with Gasteiger partial charge in [-0.05, 0) is 76.6 Å². The minimum Gasteiger partial charge on any atom is -0.618 e. The van der Waals surface area contributed by atoms with E-state index in [4.69, 9.17) is 11.6 Å². The first-order valence-corrected chi connectivity index (χ1v) is 16.0. The van der Waals surface area contributed by atoms with Crippen molar-refractivity contribution in [3.63, 3.8) is 0 Å². The third-order valence-corrected chi connectivity index (χ3v) is 9.57. The fourth-order valence-corrected chi connectivity index (χ4v) is 6.93. The molecule has 232 valence electrons. The predicted molar refractivity (Wildman–Crippen MR) is 173 cm³/mol. The normalized spacial score (nSPS) is 16.3. The third kappa shape index (κ3) is 6.15. The minimum absolute atomic E-state index is 0.124. The lowest BCUT2D eigenvalue weighted by molar-refractivity contribution is -0.614. The van der Waals surface area contributed by atoms with Crippen molar-refractivity contribution in [3.05, 3.63) is 130 Å². The second-order valence-corrected chi connectivity index (χ2v) is 12.7. The molecule has 9 nitrogen and oxygen atoms in total. The molecular weight excluding hydrogens is 600 g/mol. The van der Waals surface area contributed by atoms with Gasteiger partial charge >= 0.3 is 0 Å². The second-order valence-electron chi connectivity index (χ2n) is 12.2. The number of aromatic nitrogens is 5. The fourth-order valence-electron chi connectivity index (χ4n) is 6.76. The third-order valence-electron chi connectivity index (χ3n) is 9.34. The highest BCUT2D eigenvalue weighted by molar-refractivity contribution is 6.31. The molecule has 0 bridgehead atoms. The number of nitrogens with zero attached hydrogens (tertiary/aromatic N) is 6. The van der Waals surface area contributed by atoms with Crippen molar-refractivity contribution in [1.82, 2.24) is 25.1 Å². The van der Waals surface area contributed by atoms with Gasteiger partial charge in [-0.3, -0.25) is 9.59 Å². The Balaban J connectivity index is 1.18. The standard InChI is InChI=1S/C36H33ClN6O3/c37-30-10-12-34(42-23-38-39-40-42)33(21-30)28-9-11-35(43(46)22-28)32(17-24-5-2-1-3-6-24)27-8-4-7-26(18-27)25-13-15-41(16-14-25)36(45)29-19-31(44)20-29/h1-12,18,21-23,25,29,32H,13-17,19-20H2. The summed E-state index contributed by atoms with van der Waals surface area (Å²) in [5, 5.41) is 26.0. The summed E-state index contributed by atoms with van der Waals surface area (Å²) in [5.74, 6) is 0.314. The first-order valence-electron chi connectivity index (χ1n) is 15.6. The maximum atomic E-state index is 13.9. The summed E-state index contributed by atoms with van der Waals surface area (Å²) in [6.07, 6.45) is 6.30. The van der Waals surface area contributed by atoms with Gasteiger partial charge in [0.2, 0.25) is 11.6 Å². The summed E-state index contributed by atoms with van der Waals surface area (Å²) in [7, 11) is 0. The van der Waals surface area contributed by atoms with Crippen LogP contribution in [0.4, 0.5) is 0 Å². The van der Waals surface area contributed by atoms with E-state index in [-0.39, 0.29) is 23.5 Å². The van der Waals surface area contributed by atoms with Gasteiger partial charge in [-0.1, -0.05) is 66.2 Å². The number of pyridine rings is 1.